The second-order valence-electron chi connectivity index (χ2n) is 6.94. The number of cyclic esters (lactones) is 1. The fourth-order valence-electron chi connectivity index (χ4n) is 2.63. The van der Waals surface area contributed by atoms with Crippen molar-refractivity contribution in [3.05, 3.63) is 23.8 Å². The third kappa shape index (κ3) is 6.87. The van der Waals surface area contributed by atoms with E-state index >= 15 is 0 Å². The van der Waals surface area contributed by atoms with Crippen LogP contribution in [-0.2, 0) is 19.1 Å². The predicted octanol–water partition coefficient (Wildman–Crippen LogP) is 3.31. The number of aliphatic hydroxyl groups excluding tert-OH is 1. The molecule has 1 aliphatic rings. The molecule has 5 heteroatoms. The van der Waals surface area contributed by atoms with Crippen molar-refractivity contribution in [1.29, 1.82) is 0 Å². The van der Waals surface area contributed by atoms with Crippen molar-refractivity contribution >= 4 is 11.9 Å². The Balaban J connectivity index is 3.02. The van der Waals surface area contributed by atoms with Crippen LogP contribution in [0.3, 0.4) is 0 Å². The van der Waals surface area contributed by atoms with Gasteiger partial charge in [0.05, 0.1) is 6.10 Å². The first kappa shape index (κ1) is 20.4. The van der Waals surface area contributed by atoms with E-state index in [-0.39, 0.29) is 24.4 Å². The molecule has 4 atom stereocenters. The Hall–Kier alpha value is -1.62. The first-order valence-electron chi connectivity index (χ1n) is 8.56. The molecule has 0 aliphatic carbocycles. The van der Waals surface area contributed by atoms with Crippen molar-refractivity contribution in [3.63, 3.8) is 0 Å². The lowest BCUT2D eigenvalue weighted by Crippen LogP contribution is -2.31. The molecule has 1 N–H and O–H groups in total. The number of ether oxygens (including phenoxy) is 2. The molecule has 1 heterocycles. The van der Waals surface area contributed by atoms with Crippen LogP contribution >= 0.6 is 0 Å². The van der Waals surface area contributed by atoms with Gasteiger partial charge in [-0.25, -0.2) is 0 Å². The van der Waals surface area contributed by atoms with E-state index in [4.69, 9.17) is 9.47 Å². The quantitative estimate of drug-likeness (QED) is 0.743. The van der Waals surface area contributed by atoms with Crippen molar-refractivity contribution < 1.29 is 24.2 Å². The summed E-state index contributed by atoms with van der Waals surface area (Å²) >= 11 is 0. The Morgan fingerprint density at radius 1 is 1.38 bits per heavy atom. The molecule has 1 aliphatic heterocycles. The SMILES string of the molecule is CC(=O)OC1(C)/C=C/C=C(/C)C(O)CCC(C)C(C)OC(=O)CC1. The summed E-state index contributed by atoms with van der Waals surface area (Å²) in [6.07, 6.45) is 6.49. The highest BCUT2D eigenvalue weighted by atomic mass is 16.6. The molecule has 0 fully saturated rings. The predicted molar refractivity (Wildman–Crippen MR) is 92.3 cm³/mol. The monoisotopic (exact) mass is 338 g/mol. The van der Waals surface area contributed by atoms with Gasteiger partial charge in [-0.2, -0.15) is 0 Å². The van der Waals surface area contributed by atoms with Crippen molar-refractivity contribution in [1.82, 2.24) is 0 Å². The van der Waals surface area contributed by atoms with E-state index < -0.39 is 17.7 Å². The molecule has 1 rings (SSSR count). The molecule has 136 valence electrons. The molecular formula is C19H30O5. The lowest BCUT2D eigenvalue weighted by molar-refractivity contribution is -0.157. The lowest BCUT2D eigenvalue weighted by atomic mass is 9.94. The molecule has 0 saturated carbocycles. The van der Waals surface area contributed by atoms with E-state index in [0.29, 0.717) is 12.8 Å². The second-order valence-corrected chi connectivity index (χ2v) is 6.94. The molecule has 4 unspecified atom stereocenters. The zero-order valence-corrected chi connectivity index (χ0v) is 15.4. The molecule has 0 radical (unpaired) electrons. The van der Waals surface area contributed by atoms with Gasteiger partial charge in [-0.05, 0) is 51.2 Å². The number of carbonyl (C=O) groups excluding carboxylic acids is 2. The number of rotatable bonds is 1. The molecule has 0 bridgehead atoms. The fourth-order valence-corrected chi connectivity index (χ4v) is 2.63. The van der Waals surface area contributed by atoms with E-state index in [1.54, 1.807) is 19.1 Å². The van der Waals surface area contributed by atoms with Gasteiger partial charge in [-0.15, -0.1) is 0 Å². The van der Waals surface area contributed by atoms with Crippen molar-refractivity contribution in [2.24, 2.45) is 5.92 Å². The summed E-state index contributed by atoms with van der Waals surface area (Å²) in [6, 6.07) is 0. The summed E-state index contributed by atoms with van der Waals surface area (Å²) in [5.41, 5.74) is -0.0312. The molecule has 0 saturated heterocycles. The molecule has 0 aromatic heterocycles. The van der Waals surface area contributed by atoms with Crippen LogP contribution in [0.4, 0.5) is 0 Å². The maximum Gasteiger partial charge on any atom is 0.306 e. The standard InChI is InChI=1S/C19H30O5/c1-13-8-9-17(21)14(2)7-6-11-19(5,24-16(4)20)12-10-18(22)23-15(13)3/h6-7,11,13,15,17,21H,8-10,12H2,1-5H3/b11-6+,14-7-. The summed E-state index contributed by atoms with van der Waals surface area (Å²) < 4.78 is 10.8. The Labute approximate surface area is 144 Å². The number of esters is 2. The smallest absolute Gasteiger partial charge is 0.306 e. The zero-order valence-electron chi connectivity index (χ0n) is 15.4. The summed E-state index contributed by atoms with van der Waals surface area (Å²) in [5, 5.41) is 10.2. The van der Waals surface area contributed by atoms with Crippen molar-refractivity contribution in [3.8, 4) is 0 Å². The Morgan fingerprint density at radius 2 is 2.04 bits per heavy atom. The molecular weight excluding hydrogens is 308 g/mol. The van der Waals surface area contributed by atoms with E-state index in [2.05, 4.69) is 0 Å². The molecule has 0 spiro atoms. The number of aliphatic hydroxyl groups is 1. The highest BCUT2D eigenvalue weighted by Crippen LogP contribution is 2.23. The average molecular weight is 338 g/mol. The van der Waals surface area contributed by atoms with Crippen LogP contribution in [0, 0.1) is 5.92 Å². The van der Waals surface area contributed by atoms with E-state index in [1.165, 1.54) is 6.92 Å². The number of hydrogen-bond donors (Lipinski definition) is 1. The van der Waals surface area contributed by atoms with Crippen LogP contribution in [-0.4, -0.2) is 34.9 Å². The third-order valence-electron chi connectivity index (χ3n) is 4.55. The maximum absolute atomic E-state index is 12.1. The maximum atomic E-state index is 12.1. The van der Waals surface area contributed by atoms with Gasteiger partial charge in [0.25, 0.3) is 0 Å². The van der Waals surface area contributed by atoms with Crippen LogP contribution in [0.15, 0.2) is 23.8 Å². The summed E-state index contributed by atoms with van der Waals surface area (Å²) in [4.78, 5) is 23.4. The summed E-state index contributed by atoms with van der Waals surface area (Å²) in [7, 11) is 0. The molecule has 24 heavy (non-hydrogen) atoms. The summed E-state index contributed by atoms with van der Waals surface area (Å²) in [5.74, 6) is -0.542. The highest BCUT2D eigenvalue weighted by molar-refractivity contribution is 5.70. The topological polar surface area (TPSA) is 72.8 Å². The van der Waals surface area contributed by atoms with E-state index in [1.807, 2.05) is 26.8 Å². The Kier molecular flexibility index (Phi) is 7.67. The minimum Gasteiger partial charge on any atom is -0.462 e. The van der Waals surface area contributed by atoms with Gasteiger partial charge in [0, 0.05) is 19.8 Å². The third-order valence-corrected chi connectivity index (χ3v) is 4.55. The van der Waals surface area contributed by atoms with Gasteiger partial charge >= 0.3 is 11.9 Å². The van der Waals surface area contributed by atoms with Gasteiger partial charge in [-0.1, -0.05) is 19.1 Å². The minimum atomic E-state index is -0.883. The van der Waals surface area contributed by atoms with Gasteiger partial charge in [0.2, 0.25) is 0 Å². The number of hydrogen-bond acceptors (Lipinski definition) is 5. The van der Waals surface area contributed by atoms with Crippen LogP contribution in [0.2, 0.25) is 0 Å². The number of carbonyl (C=O) groups is 2. The van der Waals surface area contributed by atoms with Crippen LogP contribution in [0.25, 0.3) is 0 Å². The zero-order chi connectivity index (χ0) is 18.3. The van der Waals surface area contributed by atoms with Gasteiger partial charge in [0.1, 0.15) is 11.7 Å². The first-order valence-corrected chi connectivity index (χ1v) is 8.56. The van der Waals surface area contributed by atoms with Gasteiger partial charge in [0.15, 0.2) is 0 Å². The normalized spacial score (nSPS) is 36.7. The van der Waals surface area contributed by atoms with Crippen molar-refractivity contribution in [2.75, 3.05) is 0 Å². The lowest BCUT2D eigenvalue weighted by Gasteiger charge is -2.27. The molecule has 0 aromatic rings. The van der Waals surface area contributed by atoms with Gasteiger partial charge in [-0.3, -0.25) is 9.59 Å². The van der Waals surface area contributed by atoms with Gasteiger partial charge < -0.3 is 14.6 Å². The summed E-state index contributed by atoms with van der Waals surface area (Å²) in [6.45, 7) is 8.86. The minimum absolute atomic E-state index is 0.162. The van der Waals surface area contributed by atoms with Crippen LogP contribution in [0.5, 0.6) is 0 Å². The highest BCUT2D eigenvalue weighted by Gasteiger charge is 2.27. The number of allylic oxidation sites excluding steroid dienone is 2. The molecule has 0 aromatic carbocycles. The van der Waals surface area contributed by atoms with E-state index in [9.17, 15) is 14.7 Å². The van der Waals surface area contributed by atoms with Crippen LogP contribution in [0.1, 0.15) is 60.3 Å². The van der Waals surface area contributed by atoms with Crippen LogP contribution < -0.4 is 0 Å². The molecule has 5 nitrogen and oxygen atoms in total. The fraction of sp³-hybridized carbons (Fsp3) is 0.684. The Bertz CT molecular complexity index is 508. The average Bonchev–Trinajstić information content (AvgIpc) is 2.48. The second kappa shape index (κ2) is 9.02. The molecule has 0 amide bonds. The van der Waals surface area contributed by atoms with Crippen molar-refractivity contribution in [2.45, 2.75) is 78.1 Å². The first-order chi connectivity index (χ1) is 11.1. The van der Waals surface area contributed by atoms with E-state index in [0.717, 1.165) is 12.0 Å². The Morgan fingerprint density at radius 3 is 2.67 bits per heavy atom. The largest absolute Gasteiger partial charge is 0.462 e.